The molecular formula is C21H24N2O3S. The zero-order valence-electron chi connectivity index (χ0n) is 15.2. The van der Waals surface area contributed by atoms with Gasteiger partial charge < -0.3 is 15.4 Å². The molecule has 0 unspecified atom stereocenters. The van der Waals surface area contributed by atoms with E-state index in [9.17, 15) is 9.59 Å². The highest BCUT2D eigenvalue weighted by Gasteiger charge is 2.26. The Balaban J connectivity index is 1.44. The zero-order valence-corrected chi connectivity index (χ0v) is 16.0. The number of carbonyl (C=O) groups is 2. The number of ether oxygens (including phenoxy) is 1. The SMILES string of the molecule is NC(=O)C1CCN(C(=O)c2ccc(OCCSc3ccccc3)cc2)CC1. The van der Waals surface area contributed by atoms with Gasteiger partial charge in [0.05, 0.1) is 6.61 Å². The van der Waals surface area contributed by atoms with Crippen molar-refractivity contribution in [3.05, 3.63) is 60.2 Å². The average molecular weight is 385 g/mol. The Hall–Kier alpha value is -2.47. The Kier molecular flexibility index (Phi) is 6.76. The smallest absolute Gasteiger partial charge is 0.253 e. The highest BCUT2D eigenvalue weighted by Crippen LogP contribution is 2.21. The average Bonchev–Trinajstić information content (AvgIpc) is 2.72. The lowest BCUT2D eigenvalue weighted by Crippen LogP contribution is -2.41. The van der Waals surface area contributed by atoms with Crippen molar-refractivity contribution in [2.75, 3.05) is 25.4 Å². The molecule has 0 bridgehead atoms. The van der Waals surface area contributed by atoms with Crippen molar-refractivity contribution in [3.63, 3.8) is 0 Å². The molecule has 1 heterocycles. The van der Waals surface area contributed by atoms with Crippen LogP contribution in [0.1, 0.15) is 23.2 Å². The molecule has 142 valence electrons. The summed E-state index contributed by atoms with van der Waals surface area (Å²) >= 11 is 1.75. The topological polar surface area (TPSA) is 72.6 Å². The number of benzene rings is 2. The summed E-state index contributed by atoms with van der Waals surface area (Å²) < 4.78 is 5.75. The van der Waals surface area contributed by atoms with Crippen LogP contribution in [0.15, 0.2) is 59.5 Å². The van der Waals surface area contributed by atoms with E-state index >= 15 is 0 Å². The lowest BCUT2D eigenvalue weighted by Gasteiger charge is -2.30. The van der Waals surface area contributed by atoms with E-state index in [2.05, 4.69) is 12.1 Å². The first kappa shape index (κ1) is 19.3. The van der Waals surface area contributed by atoms with Gasteiger partial charge in [-0.2, -0.15) is 0 Å². The molecule has 0 radical (unpaired) electrons. The Bertz CT molecular complexity index is 757. The van der Waals surface area contributed by atoms with Gasteiger partial charge in [0.1, 0.15) is 5.75 Å². The predicted molar refractivity (Wildman–Crippen MR) is 107 cm³/mol. The second kappa shape index (κ2) is 9.46. The summed E-state index contributed by atoms with van der Waals surface area (Å²) in [6.45, 7) is 1.75. The van der Waals surface area contributed by atoms with Crippen LogP contribution in [-0.4, -0.2) is 42.2 Å². The molecule has 1 fully saturated rings. The zero-order chi connectivity index (χ0) is 19.1. The number of piperidine rings is 1. The maximum Gasteiger partial charge on any atom is 0.253 e. The second-order valence-corrected chi connectivity index (χ2v) is 7.67. The molecule has 5 nitrogen and oxygen atoms in total. The molecule has 0 spiro atoms. The predicted octanol–water partition coefficient (Wildman–Crippen LogP) is 3.20. The number of hydrogen-bond donors (Lipinski definition) is 1. The number of carbonyl (C=O) groups excluding carboxylic acids is 2. The largest absolute Gasteiger partial charge is 0.493 e. The fourth-order valence-electron chi connectivity index (χ4n) is 3.08. The molecular weight excluding hydrogens is 360 g/mol. The van der Waals surface area contributed by atoms with Crippen LogP contribution in [0.3, 0.4) is 0 Å². The van der Waals surface area contributed by atoms with Crippen LogP contribution in [0.25, 0.3) is 0 Å². The number of thioether (sulfide) groups is 1. The molecule has 0 saturated carbocycles. The Morgan fingerprint density at radius 3 is 2.33 bits per heavy atom. The first-order valence-corrected chi connectivity index (χ1v) is 10.1. The standard InChI is InChI=1S/C21H24N2O3S/c22-20(24)16-10-12-23(13-11-16)21(25)17-6-8-18(9-7-17)26-14-15-27-19-4-2-1-3-5-19/h1-9,16H,10-15H2,(H2,22,24). The van der Waals surface area contributed by atoms with Crippen LogP contribution in [0.4, 0.5) is 0 Å². The van der Waals surface area contributed by atoms with Gasteiger partial charge in [0.15, 0.2) is 0 Å². The maximum absolute atomic E-state index is 12.6. The van der Waals surface area contributed by atoms with Crippen LogP contribution in [0.2, 0.25) is 0 Å². The summed E-state index contributed by atoms with van der Waals surface area (Å²) in [6.07, 6.45) is 1.28. The lowest BCUT2D eigenvalue weighted by atomic mass is 9.96. The number of nitrogens with zero attached hydrogens (tertiary/aromatic N) is 1. The summed E-state index contributed by atoms with van der Waals surface area (Å²) in [5, 5.41) is 0. The minimum atomic E-state index is -0.269. The molecule has 0 aromatic heterocycles. The van der Waals surface area contributed by atoms with Crippen LogP contribution in [0, 0.1) is 5.92 Å². The minimum absolute atomic E-state index is 0.0101. The van der Waals surface area contributed by atoms with E-state index in [1.807, 2.05) is 30.3 Å². The van der Waals surface area contributed by atoms with Gasteiger partial charge in [-0.1, -0.05) is 18.2 Å². The van der Waals surface area contributed by atoms with Gasteiger partial charge in [0, 0.05) is 35.2 Å². The van der Waals surface area contributed by atoms with Crippen molar-refractivity contribution in [1.29, 1.82) is 0 Å². The first-order valence-electron chi connectivity index (χ1n) is 9.13. The molecule has 1 aliphatic heterocycles. The molecule has 0 atom stereocenters. The van der Waals surface area contributed by atoms with E-state index in [1.165, 1.54) is 4.90 Å². The van der Waals surface area contributed by atoms with Gasteiger partial charge in [0.2, 0.25) is 5.91 Å². The molecule has 6 heteroatoms. The first-order chi connectivity index (χ1) is 13.1. The minimum Gasteiger partial charge on any atom is -0.493 e. The molecule has 0 aliphatic carbocycles. The van der Waals surface area contributed by atoms with Crippen molar-refractivity contribution >= 4 is 23.6 Å². The van der Waals surface area contributed by atoms with Crippen LogP contribution in [-0.2, 0) is 4.79 Å². The third-order valence-electron chi connectivity index (χ3n) is 4.65. The van der Waals surface area contributed by atoms with Crippen molar-refractivity contribution < 1.29 is 14.3 Å². The number of amides is 2. The van der Waals surface area contributed by atoms with Crippen LogP contribution < -0.4 is 10.5 Å². The summed E-state index contributed by atoms with van der Waals surface area (Å²) in [5.74, 6) is 1.23. The van der Waals surface area contributed by atoms with Gasteiger partial charge >= 0.3 is 0 Å². The third-order valence-corrected chi connectivity index (χ3v) is 5.63. The van der Waals surface area contributed by atoms with Gasteiger partial charge in [-0.25, -0.2) is 0 Å². The van der Waals surface area contributed by atoms with E-state index in [1.54, 1.807) is 28.8 Å². The monoisotopic (exact) mass is 384 g/mol. The van der Waals surface area contributed by atoms with E-state index in [0.29, 0.717) is 38.1 Å². The number of rotatable bonds is 7. The van der Waals surface area contributed by atoms with Gasteiger partial charge in [-0.05, 0) is 49.2 Å². The Labute approximate surface area is 163 Å². The fraction of sp³-hybridized carbons (Fsp3) is 0.333. The highest BCUT2D eigenvalue weighted by molar-refractivity contribution is 7.99. The maximum atomic E-state index is 12.6. The molecule has 1 aliphatic rings. The Morgan fingerprint density at radius 1 is 1.04 bits per heavy atom. The Morgan fingerprint density at radius 2 is 1.70 bits per heavy atom. The number of nitrogens with two attached hydrogens (primary N) is 1. The fourth-order valence-corrected chi connectivity index (χ4v) is 3.83. The molecule has 2 aromatic rings. The van der Waals surface area contributed by atoms with E-state index < -0.39 is 0 Å². The molecule has 2 amide bonds. The lowest BCUT2D eigenvalue weighted by molar-refractivity contribution is -0.123. The summed E-state index contributed by atoms with van der Waals surface area (Å²) in [6, 6.07) is 17.5. The normalized spacial score (nSPS) is 14.7. The van der Waals surface area contributed by atoms with Crippen molar-refractivity contribution in [2.45, 2.75) is 17.7 Å². The summed E-state index contributed by atoms with van der Waals surface area (Å²) in [5.41, 5.74) is 5.98. The third kappa shape index (κ3) is 5.50. The van der Waals surface area contributed by atoms with Crippen LogP contribution >= 0.6 is 11.8 Å². The quantitative estimate of drug-likeness (QED) is 0.588. The molecule has 2 aromatic carbocycles. The van der Waals surface area contributed by atoms with Crippen molar-refractivity contribution in [3.8, 4) is 5.75 Å². The van der Waals surface area contributed by atoms with Gasteiger partial charge in [0.25, 0.3) is 5.91 Å². The number of primary amides is 1. The second-order valence-electron chi connectivity index (χ2n) is 6.50. The molecule has 2 N–H and O–H groups in total. The number of hydrogen-bond acceptors (Lipinski definition) is 4. The van der Waals surface area contributed by atoms with Gasteiger partial charge in [-0.3, -0.25) is 9.59 Å². The van der Waals surface area contributed by atoms with Crippen LogP contribution in [0.5, 0.6) is 5.75 Å². The summed E-state index contributed by atoms with van der Waals surface area (Å²) in [7, 11) is 0. The van der Waals surface area contributed by atoms with Gasteiger partial charge in [-0.15, -0.1) is 11.8 Å². The van der Waals surface area contributed by atoms with E-state index in [0.717, 1.165) is 11.5 Å². The molecule has 1 saturated heterocycles. The van der Waals surface area contributed by atoms with E-state index in [4.69, 9.17) is 10.5 Å². The van der Waals surface area contributed by atoms with E-state index in [-0.39, 0.29) is 17.7 Å². The highest BCUT2D eigenvalue weighted by atomic mass is 32.2. The summed E-state index contributed by atoms with van der Waals surface area (Å²) in [4.78, 5) is 26.8. The molecule has 3 rings (SSSR count). The van der Waals surface area contributed by atoms with Crippen molar-refractivity contribution in [2.24, 2.45) is 11.7 Å². The van der Waals surface area contributed by atoms with Crippen molar-refractivity contribution in [1.82, 2.24) is 4.90 Å². The molecule has 27 heavy (non-hydrogen) atoms. The number of likely N-dealkylation sites (tertiary alicyclic amines) is 1.